The molecule has 0 aliphatic carbocycles. The predicted molar refractivity (Wildman–Crippen MR) is 81.9 cm³/mol. The van der Waals surface area contributed by atoms with Crippen molar-refractivity contribution in [2.24, 2.45) is 0 Å². The number of anilines is 1. The summed E-state index contributed by atoms with van der Waals surface area (Å²) in [6, 6.07) is 7.98. The van der Waals surface area contributed by atoms with Crippen molar-refractivity contribution in [1.82, 2.24) is 0 Å². The number of hydrogen-bond acceptors (Lipinski definition) is 3. The smallest absolute Gasteiger partial charge is 0.320 e. The van der Waals surface area contributed by atoms with E-state index in [4.69, 9.17) is 4.42 Å². The molecule has 0 bridgehead atoms. The normalized spacial score (nSPS) is 10.9. The Kier molecular flexibility index (Phi) is 4.12. The lowest BCUT2D eigenvalue weighted by Gasteiger charge is -2.15. The molecule has 0 fully saturated rings. The number of furan rings is 1. The summed E-state index contributed by atoms with van der Waals surface area (Å²) in [5.41, 5.74) is 4.07. The highest BCUT2D eigenvalue weighted by molar-refractivity contribution is 6.64. The molecule has 2 aromatic rings. The van der Waals surface area contributed by atoms with Crippen molar-refractivity contribution in [3.05, 3.63) is 47.9 Å². The molecule has 0 radical (unpaired) electrons. The summed E-state index contributed by atoms with van der Waals surface area (Å²) in [7, 11) is 3.98. The van der Waals surface area contributed by atoms with Gasteiger partial charge < -0.3 is 14.3 Å². The lowest BCUT2D eigenvalue weighted by molar-refractivity contribution is 0.567. The van der Waals surface area contributed by atoms with E-state index in [1.165, 1.54) is 0 Å². The molecule has 0 aliphatic heterocycles. The monoisotopic (exact) mass is 255 g/mol. The quantitative estimate of drug-likeness (QED) is 0.852. The summed E-state index contributed by atoms with van der Waals surface area (Å²) >= 11 is 0. The van der Waals surface area contributed by atoms with Gasteiger partial charge in [0, 0.05) is 25.3 Å². The van der Waals surface area contributed by atoms with E-state index >= 15 is 0 Å². The van der Waals surface area contributed by atoms with Gasteiger partial charge in [0.05, 0.1) is 12.5 Å². The second-order valence-electron chi connectivity index (χ2n) is 4.82. The summed E-state index contributed by atoms with van der Waals surface area (Å²) in [6.45, 7) is 1.30. The van der Waals surface area contributed by atoms with Crippen molar-refractivity contribution in [1.29, 1.82) is 0 Å². The van der Waals surface area contributed by atoms with Crippen molar-refractivity contribution in [2.75, 3.05) is 19.0 Å². The summed E-state index contributed by atoms with van der Waals surface area (Å²) in [4.78, 5) is 2.03. The van der Waals surface area contributed by atoms with Crippen LogP contribution in [0, 0.1) is 0 Å². The first-order chi connectivity index (χ1) is 9.06. The van der Waals surface area contributed by atoms with E-state index in [2.05, 4.69) is 6.07 Å². The van der Waals surface area contributed by atoms with Crippen LogP contribution in [0.3, 0.4) is 0 Å². The molecule has 1 N–H and O–H groups in total. The average Bonchev–Trinajstić information content (AvgIpc) is 2.89. The standard InChI is InChI=1S/C15H18BNO2/c1-16(18)14-8-13(9-15(10-14)17(2)3)5-4-12-6-7-19-11-12/h4-11,18H,1-3H3/b5-4+. The van der Waals surface area contributed by atoms with Crippen LogP contribution in [0.1, 0.15) is 11.1 Å². The molecule has 0 unspecified atom stereocenters. The van der Waals surface area contributed by atoms with Crippen LogP contribution in [0.4, 0.5) is 5.69 Å². The molecule has 2 rings (SSSR count). The van der Waals surface area contributed by atoms with Crippen molar-refractivity contribution in [3.63, 3.8) is 0 Å². The lowest BCUT2D eigenvalue weighted by atomic mass is 9.64. The largest absolute Gasteiger partial charge is 0.472 e. The summed E-state index contributed by atoms with van der Waals surface area (Å²) in [6.07, 6.45) is 7.35. The van der Waals surface area contributed by atoms with E-state index in [1.54, 1.807) is 19.3 Å². The molecule has 0 aliphatic rings. The first-order valence-corrected chi connectivity index (χ1v) is 6.27. The topological polar surface area (TPSA) is 36.6 Å². The highest BCUT2D eigenvalue weighted by atomic mass is 16.3. The highest BCUT2D eigenvalue weighted by Gasteiger charge is 2.09. The van der Waals surface area contributed by atoms with Gasteiger partial charge in [0.15, 0.2) is 0 Å². The first kappa shape index (κ1) is 13.5. The van der Waals surface area contributed by atoms with Crippen LogP contribution < -0.4 is 10.4 Å². The van der Waals surface area contributed by atoms with Gasteiger partial charge in [-0.2, -0.15) is 0 Å². The maximum Gasteiger partial charge on any atom is 0.320 e. The maximum absolute atomic E-state index is 9.75. The number of hydrogen-bond donors (Lipinski definition) is 1. The Labute approximate surface area is 114 Å². The Morgan fingerprint density at radius 2 is 1.89 bits per heavy atom. The Hall–Kier alpha value is -1.94. The molecule has 1 heterocycles. The molecule has 0 saturated heterocycles. The van der Waals surface area contributed by atoms with Crippen molar-refractivity contribution >= 4 is 30.2 Å². The third-order valence-electron chi connectivity index (χ3n) is 2.97. The van der Waals surface area contributed by atoms with E-state index in [1.807, 2.05) is 49.3 Å². The zero-order chi connectivity index (χ0) is 13.8. The molecular formula is C15H18BNO2. The van der Waals surface area contributed by atoms with Crippen LogP contribution in [0.15, 0.2) is 41.2 Å². The summed E-state index contributed by atoms with van der Waals surface area (Å²) in [5, 5.41) is 9.75. The van der Waals surface area contributed by atoms with E-state index in [0.717, 1.165) is 22.3 Å². The average molecular weight is 255 g/mol. The second kappa shape index (κ2) is 5.80. The minimum Gasteiger partial charge on any atom is -0.472 e. The molecular weight excluding hydrogens is 237 g/mol. The molecule has 3 nitrogen and oxygen atoms in total. The fourth-order valence-electron chi connectivity index (χ4n) is 1.82. The molecule has 1 aromatic carbocycles. The van der Waals surface area contributed by atoms with E-state index in [-0.39, 0.29) is 0 Å². The second-order valence-corrected chi connectivity index (χ2v) is 4.82. The fourth-order valence-corrected chi connectivity index (χ4v) is 1.82. The van der Waals surface area contributed by atoms with Crippen LogP contribution in [-0.2, 0) is 0 Å². The Morgan fingerprint density at radius 3 is 2.47 bits per heavy atom. The Balaban J connectivity index is 2.33. The predicted octanol–water partition coefficient (Wildman–Crippen LogP) is 2.34. The van der Waals surface area contributed by atoms with Gasteiger partial charge in [0.1, 0.15) is 0 Å². The zero-order valence-electron chi connectivity index (χ0n) is 11.5. The number of benzene rings is 1. The van der Waals surface area contributed by atoms with Gasteiger partial charge in [0.2, 0.25) is 0 Å². The van der Waals surface area contributed by atoms with Gasteiger partial charge in [-0.15, -0.1) is 0 Å². The third-order valence-corrected chi connectivity index (χ3v) is 2.97. The van der Waals surface area contributed by atoms with Crippen LogP contribution >= 0.6 is 0 Å². The molecule has 0 atom stereocenters. The van der Waals surface area contributed by atoms with Crippen LogP contribution in [0.2, 0.25) is 6.82 Å². The van der Waals surface area contributed by atoms with Crippen molar-refractivity contribution < 1.29 is 9.44 Å². The van der Waals surface area contributed by atoms with E-state index in [9.17, 15) is 5.02 Å². The van der Waals surface area contributed by atoms with E-state index in [0.29, 0.717) is 0 Å². The lowest BCUT2D eigenvalue weighted by Crippen LogP contribution is -2.27. The molecule has 1 aromatic heterocycles. The SMILES string of the molecule is CB(O)c1cc(/C=C/c2ccoc2)cc(N(C)C)c1. The van der Waals surface area contributed by atoms with Gasteiger partial charge >= 0.3 is 6.92 Å². The van der Waals surface area contributed by atoms with Crippen LogP contribution in [0.5, 0.6) is 0 Å². The fraction of sp³-hybridized carbons (Fsp3) is 0.200. The molecule has 19 heavy (non-hydrogen) atoms. The molecule has 98 valence electrons. The van der Waals surface area contributed by atoms with Gasteiger partial charge in [-0.25, -0.2) is 0 Å². The molecule has 0 amide bonds. The zero-order valence-corrected chi connectivity index (χ0v) is 11.5. The first-order valence-electron chi connectivity index (χ1n) is 6.27. The van der Waals surface area contributed by atoms with Crippen molar-refractivity contribution in [2.45, 2.75) is 6.82 Å². The van der Waals surface area contributed by atoms with Gasteiger partial charge in [-0.3, -0.25) is 0 Å². The summed E-state index contributed by atoms with van der Waals surface area (Å²) in [5.74, 6) is 0. The summed E-state index contributed by atoms with van der Waals surface area (Å²) < 4.78 is 5.03. The number of rotatable bonds is 4. The van der Waals surface area contributed by atoms with Gasteiger partial charge in [0.25, 0.3) is 0 Å². The Morgan fingerprint density at radius 1 is 1.16 bits per heavy atom. The molecule has 4 heteroatoms. The van der Waals surface area contributed by atoms with Gasteiger partial charge in [-0.1, -0.05) is 25.0 Å². The minimum absolute atomic E-state index is 0.471. The minimum atomic E-state index is -0.471. The van der Waals surface area contributed by atoms with E-state index < -0.39 is 6.92 Å². The maximum atomic E-state index is 9.75. The number of nitrogens with zero attached hydrogens (tertiary/aromatic N) is 1. The molecule has 0 saturated carbocycles. The van der Waals surface area contributed by atoms with Gasteiger partial charge in [-0.05, 0) is 29.2 Å². The highest BCUT2D eigenvalue weighted by Crippen LogP contribution is 2.15. The third kappa shape index (κ3) is 3.52. The van der Waals surface area contributed by atoms with Crippen molar-refractivity contribution in [3.8, 4) is 0 Å². The van der Waals surface area contributed by atoms with Crippen LogP contribution in [0.25, 0.3) is 12.2 Å². The molecule has 0 spiro atoms. The van der Waals surface area contributed by atoms with Crippen LogP contribution in [-0.4, -0.2) is 26.0 Å². The Bertz CT molecular complexity index is 533.